The molecule has 37 heavy (non-hydrogen) atoms. The number of allylic oxidation sites excluding steroid dienone is 1. The Morgan fingerprint density at radius 3 is 2.19 bits per heavy atom. The Morgan fingerprint density at radius 2 is 1.41 bits per heavy atom. The Hall–Kier alpha value is -4.24. The van der Waals surface area contributed by atoms with E-state index in [9.17, 15) is 0 Å². The van der Waals surface area contributed by atoms with Gasteiger partial charge in [-0.15, -0.1) is 0 Å². The third-order valence-corrected chi connectivity index (χ3v) is 7.63. The van der Waals surface area contributed by atoms with Crippen LogP contribution >= 0.6 is 0 Å². The average Bonchev–Trinajstić information content (AvgIpc) is 3.42. The van der Waals surface area contributed by atoms with Gasteiger partial charge in [0.1, 0.15) is 0 Å². The standard InChI is InChI=1S/C34H31NO2/c1-24(35(2)31-18-16-27-10-4-6-12-29(27)21-31)32(30-17-19-33-34(22-30)37-23-36-33)13-7-8-25-14-15-26-9-3-5-11-28(26)20-25/h3-12,14-22,24,32H,13,23H2,1-2H3. The summed E-state index contributed by atoms with van der Waals surface area (Å²) in [4.78, 5) is 2.39. The lowest BCUT2D eigenvalue weighted by atomic mass is 9.87. The average molecular weight is 486 g/mol. The molecule has 3 nitrogen and oxygen atoms in total. The number of fused-ring (bicyclic) bond motifs is 3. The summed E-state index contributed by atoms with van der Waals surface area (Å²) in [6.45, 7) is 2.60. The number of hydrogen-bond donors (Lipinski definition) is 0. The first kappa shape index (κ1) is 23.2. The van der Waals surface area contributed by atoms with E-state index in [1.165, 1.54) is 38.4 Å². The highest BCUT2D eigenvalue weighted by Gasteiger charge is 2.25. The van der Waals surface area contributed by atoms with Crippen LogP contribution in [0.5, 0.6) is 11.5 Å². The summed E-state index contributed by atoms with van der Waals surface area (Å²) in [7, 11) is 2.20. The second-order valence-corrected chi connectivity index (χ2v) is 9.85. The van der Waals surface area contributed by atoms with Crippen molar-refractivity contribution in [2.75, 3.05) is 18.7 Å². The number of nitrogens with zero attached hydrogens (tertiary/aromatic N) is 1. The molecule has 0 amide bonds. The number of anilines is 1. The molecule has 5 aromatic rings. The first-order valence-electron chi connectivity index (χ1n) is 12.9. The predicted octanol–water partition coefficient (Wildman–Crippen LogP) is 8.43. The van der Waals surface area contributed by atoms with E-state index in [2.05, 4.69) is 128 Å². The minimum atomic E-state index is 0.253. The van der Waals surface area contributed by atoms with Gasteiger partial charge in [0.15, 0.2) is 11.5 Å². The topological polar surface area (TPSA) is 21.7 Å². The summed E-state index contributed by atoms with van der Waals surface area (Å²) in [6, 6.07) is 37.0. The summed E-state index contributed by atoms with van der Waals surface area (Å²) >= 11 is 0. The van der Waals surface area contributed by atoms with Crippen LogP contribution in [-0.2, 0) is 0 Å². The van der Waals surface area contributed by atoms with Gasteiger partial charge in [0.05, 0.1) is 0 Å². The lowest BCUT2D eigenvalue weighted by molar-refractivity contribution is 0.174. The van der Waals surface area contributed by atoms with E-state index in [0.29, 0.717) is 0 Å². The Bertz CT molecular complexity index is 1590. The van der Waals surface area contributed by atoms with Gasteiger partial charge in [0, 0.05) is 24.7 Å². The molecule has 0 aromatic heterocycles. The molecule has 1 heterocycles. The molecule has 5 aromatic carbocycles. The Kier molecular flexibility index (Phi) is 6.28. The van der Waals surface area contributed by atoms with Crippen LogP contribution in [0.4, 0.5) is 5.69 Å². The quantitative estimate of drug-likeness (QED) is 0.231. The fraction of sp³-hybridized carbons (Fsp3) is 0.176. The minimum Gasteiger partial charge on any atom is -0.454 e. The smallest absolute Gasteiger partial charge is 0.231 e. The van der Waals surface area contributed by atoms with Crippen molar-refractivity contribution in [1.29, 1.82) is 0 Å². The van der Waals surface area contributed by atoms with Gasteiger partial charge in [-0.3, -0.25) is 0 Å². The van der Waals surface area contributed by atoms with Gasteiger partial charge in [-0.2, -0.15) is 0 Å². The SMILES string of the molecule is CC(C(CC=Cc1ccc2ccccc2c1)c1ccc2c(c1)OCO2)N(C)c1ccc2ccccc2c1. The zero-order valence-corrected chi connectivity index (χ0v) is 21.3. The maximum Gasteiger partial charge on any atom is 0.231 e. The molecule has 184 valence electrons. The number of hydrogen-bond acceptors (Lipinski definition) is 3. The summed E-state index contributed by atoms with van der Waals surface area (Å²) < 4.78 is 11.3. The van der Waals surface area contributed by atoms with E-state index in [1.807, 2.05) is 6.07 Å². The van der Waals surface area contributed by atoms with Crippen molar-refractivity contribution in [3.05, 3.63) is 120 Å². The zero-order valence-electron chi connectivity index (χ0n) is 21.3. The molecule has 1 aliphatic heterocycles. The lowest BCUT2D eigenvalue weighted by Crippen LogP contribution is -2.34. The summed E-state index contributed by atoms with van der Waals surface area (Å²) in [5, 5.41) is 5.05. The first-order chi connectivity index (χ1) is 18.2. The molecule has 6 rings (SSSR count). The molecular formula is C34H31NO2. The lowest BCUT2D eigenvalue weighted by Gasteiger charge is -2.34. The van der Waals surface area contributed by atoms with E-state index in [-0.39, 0.29) is 18.8 Å². The fourth-order valence-electron chi connectivity index (χ4n) is 5.32. The molecule has 2 unspecified atom stereocenters. The van der Waals surface area contributed by atoms with Crippen LogP contribution < -0.4 is 14.4 Å². The van der Waals surface area contributed by atoms with Gasteiger partial charge in [-0.1, -0.05) is 84.9 Å². The van der Waals surface area contributed by atoms with Crippen molar-refractivity contribution in [3.8, 4) is 11.5 Å². The van der Waals surface area contributed by atoms with Crippen molar-refractivity contribution in [2.45, 2.75) is 25.3 Å². The normalized spacial score (nSPS) is 14.3. The van der Waals surface area contributed by atoms with Crippen LogP contribution in [0, 0.1) is 0 Å². The second-order valence-electron chi connectivity index (χ2n) is 9.85. The van der Waals surface area contributed by atoms with Crippen LogP contribution in [-0.4, -0.2) is 19.9 Å². The van der Waals surface area contributed by atoms with E-state index in [1.54, 1.807) is 0 Å². The maximum absolute atomic E-state index is 5.72. The third-order valence-electron chi connectivity index (χ3n) is 7.63. The van der Waals surface area contributed by atoms with Crippen molar-refractivity contribution in [2.24, 2.45) is 0 Å². The number of ether oxygens (including phenoxy) is 2. The molecule has 0 N–H and O–H groups in total. The number of rotatable bonds is 7. The molecule has 2 atom stereocenters. The highest BCUT2D eigenvalue weighted by atomic mass is 16.7. The fourth-order valence-corrected chi connectivity index (χ4v) is 5.32. The monoisotopic (exact) mass is 485 g/mol. The zero-order chi connectivity index (χ0) is 25.2. The van der Waals surface area contributed by atoms with Crippen molar-refractivity contribution in [3.63, 3.8) is 0 Å². The molecule has 0 saturated carbocycles. The van der Waals surface area contributed by atoms with Crippen LogP contribution in [0.25, 0.3) is 27.6 Å². The first-order valence-corrected chi connectivity index (χ1v) is 12.9. The third kappa shape index (κ3) is 4.77. The summed E-state index contributed by atoms with van der Waals surface area (Å²) in [5.74, 6) is 1.92. The molecule has 0 bridgehead atoms. The Labute approximate surface area is 218 Å². The van der Waals surface area contributed by atoms with Crippen molar-refractivity contribution in [1.82, 2.24) is 0 Å². The van der Waals surface area contributed by atoms with Gasteiger partial charge < -0.3 is 14.4 Å². The Balaban J connectivity index is 1.30. The molecule has 0 aliphatic carbocycles. The van der Waals surface area contributed by atoms with E-state index in [0.717, 1.165) is 17.9 Å². The van der Waals surface area contributed by atoms with Crippen LogP contribution in [0.2, 0.25) is 0 Å². The van der Waals surface area contributed by atoms with E-state index < -0.39 is 0 Å². The Morgan fingerprint density at radius 1 is 0.730 bits per heavy atom. The minimum absolute atomic E-state index is 0.253. The van der Waals surface area contributed by atoms with Gasteiger partial charge >= 0.3 is 0 Å². The van der Waals surface area contributed by atoms with Gasteiger partial charge in [0.2, 0.25) is 6.79 Å². The molecule has 0 spiro atoms. The molecule has 0 fully saturated rings. The van der Waals surface area contributed by atoms with Crippen LogP contribution in [0.3, 0.4) is 0 Å². The maximum atomic E-state index is 5.72. The van der Waals surface area contributed by atoms with Gasteiger partial charge in [-0.05, 0) is 76.3 Å². The highest BCUT2D eigenvalue weighted by Crippen LogP contribution is 2.38. The molecule has 0 radical (unpaired) electrons. The number of benzene rings is 5. The predicted molar refractivity (Wildman–Crippen MR) is 155 cm³/mol. The van der Waals surface area contributed by atoms with Gasteiger partial charge in [0.25, 0.3) is 0 Å². The molecule has 0 saturated heterocycles. The number of likely N-dealkylation sites (N-methyl/N-ethyl adjacent to an activating group) is 1. The van der Waals surface area contributed by atoms with Crippen molar-refractivity contribution < 1.29 is 9.47 Å². The van der Waals surface area contributed by atoms with E-state index in [4.69, 9.17) is 9.47 Å². The van der Waals surface area contributed by atoms with Gasteiger partial charge in [-0.25, -0.2) is 0 Å². The van der Waals surface area contributed by atoms with Crippen LogP contribution in [0.15, 0.2) is 109 Å². The highest BCUT2D eigenvalue weighted by molar-refractivity contribution is 5.86. The second kappa shape index (κ2) is 10.0. The molecule has 3 heteroatoms. The van der Waals surface area contributed by atoms with Crippen LogP contribution in [0.1, 0.15) is 30.4 Å². The largest absolute Gasteiger partial charge is 0.454 e. The van der Waals surface area contributed by atoms with E-state index >= 15 is 0 Å². The summed E-state index contributed by atoms with van der Waals surface area (Å²) in [5.41, 5.74) is 3.70. The molecular weight excluding hydrogens is 454 g/mol. The van der Waals surface area contributed by atoms with Crippen molar-refractivity contribution >= 4 is 33.3 Å². The molecule has 1 aliphatic rings. The summed E-state index contributed by atoms with van der Waals surface area (Å²) in [6.07, 6.45) is 5.46.